The van der Waals surface area contributed by atoms with Crippen LogP contribution in [0.1, 0.15) is 25.6 Å². The van der Waals surface area contributed by atoms with Gasteiger partial charge in [0.1, 0.15) is 6.61 Å². The third-order valence-corrected chi connectivity index (χ3v) is 3.45. The Balaban J connectivity index is 2.01. The molecule has 0 saturated heterocycles. The summed E-state index contributed by atoms with van der Waals surface area (Å²) in [6, 6.07) is 2.71. The van der Waals surface area contributed by atoms with Gasteiger partial charge in [-0.3, -0.25) is 14.4 Å². The van der Waals surface area contributed by atoms with E-state index in [1.54, 1.807) is 0 Å². The molecule has 1 aliphatic heterocycles. The minimum absolute atomic E-state index is 0.0853. The highest BCUT2D eigenvalue weighted by atomic mass is 16.5. The van der Waals surface area contributed by atoms with E-state index < -0.39 is 0 Å². The van der Waals surface area contributed by atoms with Gasteiger partial charge in [0.25, 0.3) is 0 Å². The van der Waals surface area contributed by atoms with Crippen molar-refractivity contribution >= 4 is 5.91 Å². The number of hydrogen-bond donors (Lipinski definition) is 1. The van der Waals surface area contributed by atoms with Crippen molar-refractivity contribution in [3.63, 3.8) is 0 Å². The maximum absolute atomic E-state index is 11.5. The molecule has 2 rings (SSSR count). The van der Waals surface area contributed by atoms with Gasteiger partial charge in [-0.1, -0.05) is 0 Å². The average molecular weight is 266 g/mol. The van der Waals surface area contributed by atoms with Crippen molar-refractivity contribution in [3.05, 3.63) is 18.0 Å². The molecule has 0 aromatic carbocycles. The molecule has 19 heavy (non-hydrogen) atoms. The normalized spacial score (nSPS) is 19.5. The van der Waals surface area contributed by atoms with Crippen LogP contribution in [0.2, 0.25) is 0 Å². The highest BCUT2D eigenvalue weighted by Gasteiger charge is 2.26. The van der Waals surface area contributed by atoms with E-state index in [0.717, 1.165) is 13.1 Å². The highest BCUT2D eigenvalue weighted by Crippen LogP contribution is 2.21. The molecule has 0 bridgehead atoms. The van der Waals surface area contributed by atoms with Crippen molar-refractivity contribution in [2.45, 2.75) is 32.5 Å². The molecule has 2 heterocycles. The van der Waals surface area contributed by atoms with E-state index in [0.29, 0.717) is 12.6 Å². The van der Waals surface area contributed by atoms with Crippen molar-refractivity contribution in [2.24, 2.45) is 0 Å². The molecule has 0 radical (unpaired) electrons. The van der Waals surface area contributed by atoms with Crippen LogP contribution in [0.15, 0.2) is 12.3 Å². The van der Waals surface area contributed by atoms with E-state index >= 15 is 0 Å². The number of nitrogens with zero attached hydrogens (tertiary/aromatic N) is 3. The van der Waals surface area contributed by atoms with E-state index in [1.165, 1.54) is 12.8 Å². The van der Waals surface area contributed by atoms with Crippen molar-refractivity contribution < 1.29 is 9.53 Å². The fourth-order valence-corrected chi connectivity index (χ4v) is 2.37. The predicted molar refractivity (Wildman–Crippen MR) is 71.7 cm³/mol. The number of aromatic nitrogens is 2. The van der Waals surface area contributed by atoms with Crippen molar-refractivity contribution in [1.82, 2.24) is 20.0 Å². The minimum Gasteiger partial charge on any atom is -0.375 e. The van der Waals surface area contributed by atoms with Gasteiger partial charge < -0.3 is 10.1 Å². The number of methoxy groups -OCH3 is 1. The molecule has 106 valence electrons. The number of amides is 1. The second kappa shape index (κ2) is 6.16. The first-order chi connectivity index (χ1) is 9.11. The van der Waals surface area contributed by atoms with Crippen LogP contribution in [0.4, 0.5) is 0 Å². The van der Waals surface area contributed by atoms with Crippen LogP contribution in [0, 0.1) is 0 Å². The first-order valence-corrected chi connectivity index (χ1v) is 6.64. The molecule has 1 N–H and O–H groups in total. The number of nitrogens with one attached hydrogen (secondary N) is 1. The van der Waals surface area contributed by atoms with Gasteiger partial charge in [0.2, 0.25) is 5.91 Å². The van der Waals surface area contributed by atoms with Crippen LogP contribution in [-0.2, 0) is 16.1 Å². The number of fused-ring (bicyclic) bond motifs is 1. The summed E-state index contributed by atoms with van der Waals surface area (Å²) in [7, 11) is 1.52. The number of hydrogen-bond acceptors (Lipinski definition) is 4. The summed E-state index contributed by atoms with van der Waals surface area (Å²) < 4.78 is 6.83. The Hall–Kier alpha value is -1.40. The number of carbonyl (C=O) groups excluding carboxylic acids is 1. The molecule has 6 heteroatoms. The first-order valence-electron chi connectivity index (χ1n) is 6.64. The third-order valence-electron chi connectivity index (χ3n) is 3.45. The Morgan fingerprint density at radius 1 is 1.63 bits per heavy atom. The Labute approximate surface area is 113 Å². The van der Waals surface area contributed by atoms with Gasteiger partial charge in [-0.25, -0.2) is 0 Å². The SMILES string of the molecule is COCC(=O)NCC1CN(C(C)C)Cc2ccnn21. The first kappa shape index (κ1) is 14.0. The lowest BCUT2D eigenvalue weighted by molar-refractivity contribution is -0.124. The smallest absolute Gasteiger partial charge is 0.246 e. The second-order valence-electron chi connectivity index (χ2n) is 5.18. The summed E-state index contributed by atoms with van der Waals surface area (Å²) in [5.74, 6) is -0.0853. The van der Waals surface area contributed by atoms with Gasteiger partial charge in [-0.05, 0) is 19.9 Å². The van der Waals surface area contributed by atoms with Crippen LogP contribution in [0.3, 0.4) is 0 Å². The standard InChI is InChI=1S/C13H22N4O2/c1-10(2)16-7-11-4-5-15-17(11)12(8-16)6-14-13(18)9-19-3/h4-5,10,12H,6-9H2,1-3H3,(H,14,18). The van der Waals surface area contributed by atoms with E-state index in [2.05, 4.69) is 29.2 Å². The maximum atomic E-state index is 11.5. The van der Waals surface area contributed by atoms with Crippen molar-refractivity contribution in [1.29, 1.82) is 0 Å². The fourth-order valence-electron chi connectivity index (χ4n) is 2.37. The zero-order valence-electron chi connectivity index (χ0n) is 11.8. The molecule has 1 aliphatic rings. The zero-order valence-corrected chi connectivity index (χ0v) is 11.8. The van der Waals surface area contributed by atoms with E-state index in [9.17, 15) is 4.79 Å². The summed E-state index contributed by atoms with van der Waals surface area (Å²) in [5, 5.41) is 7.26. The molecule has 6 nitrogen and oxygen atoms in total. The number of rotatable bonds is 5. The van der Waals surface area contributed by atoms with Crippen LogP contribution in [-0.4, -0.2) is 53.4 Å². The van der Waals surface area contributed by atoms with Crippen LogP contribution >= 0.6 is 0 Å². The molecule has 0 spiro atoms. The largest absolute Gasteiger partial charge is 0.375 e. The Bertz CT molecular complexity index is 430. The molecule has 0 fully saturated rings. The third kappa shape index (κ3) is 3.33. The molecule has 0 saturated carbocycles. The lowest BCUT2D eigenvalue weighted by atomic mass is 10.1. The Kier molecular flexibility index (Phi) is 4.55. The Morgan fingerprint density at radius 3 is 3.11 bits per heavy atom. The second-order valence-corrected chi connectivity index (χ2v) is 5.18. The molecular formula is C13H22N4O2. The molecule has 0 aliphatic carbocycles. The van der Waals surface area contributed by atoms with Gasteiger partial charge in [0, 0.05) is 39.0 Å². The van der Waals surface area contributed by atoms with Gasteiger partial charge in [-0.2, -0.15) is 5.10 Å². The van der Waals surface area contributed by atoms with Crippen LogP contribution < -0.4 is 5.32 Å². The van der Waals surface area contributed by atoms with Gasteiger partial charge in [-0.15, -0.1) is 0 Å². The fraction of sp³-hybridized carbons (Fsp3) is 0.692. The number of carbonyl (C=O) groups is 1. The summed E-state index contributed by atoms with van der Waals surface area (Å²) in [6.45, 7) is 6.88. The molecule has 1 aromatic heterocycles. The van der Waals surface area contributed by atoms with Crippen molar-refractivity contribution in [3.8, 4) is 0 Å². The topological polar surface area (TPSA) is 59.4 Å². The number of ether oxygens (including phenoxy) is 1. The molecule has 1 atom stereocenters. The summed E-state index contributed by atoms with van der Waals surface area (Å²) in [6.07, 6.45) is 1.82. The van der Waals surface area contributed by atoms with Crippen LogP contribution in [0.5, 0.6) is 0 Å². The Morgan fingerprint density at radius 2 is 2.42 bits per heavy atom. The summed E-state index contributed by atoms with van der Waals surface area (Å²) in [4.78, 5) is 13.9. The average Bonchev–Trinajstić information content (AvgIpc) is 2.84. The van der Waals surface area contributed by atoms with Gasteiger partial charge in [0.15, 0.2) is 0 Å². The lowest BCUT2D eigenvalue weighted by Crippen LogP contribution is -2.45. The summed E-state index contributed by atoms with van der Waals surface area (Å²) >= 11 is 0. The van der Waals surface area contributed by atoms with Gasteiger partial charge >= 0.3 is 0 Å². The maximum Gasteiger partial charge on any atom is 0.246 e. The van der Waals surface area contributed by atoms with Crippen LogP contribution in [0.25, 0.3) is 0 Å². The zero-order chi connectivity index (χ0) is 13.8. The molecular weight excluding hydrogens is 244 g/mol. The minimum atomic E-state index is -0.0853. The molecule has 1 amide bonds. The van der Waals surface area contributed by atoms with Crippen molar-refractivity contribution in [2.75, 3.05) is 26.8 Å². The van der Waals surface area contributed by atoms with Gasteiger partial charge in [0.05, 0.1) is 11.7 Å². The molecule has 1 unspecified atom stereocenters. The predicted octanol–water partition coefficient (Wildman–Crippen LogP) is 0.411. The molecule has 1 aromatic rings. The lowest BCUT2D eigenvalue weighted by Gasteiger charge is -2.36. The highest BCUT2D eigenvalue weighted by molar-refractivity contribution is 5.77. The van der Waals surface area contributed by atoms with E-state index in [4.69, 9.17) is 4.74 Å². The monoisotopic (exact) mass is 266 g/mol. The quantitative estimate of drug-likeness (QED) is 0.838. The van der Waals surface area contributed by atoms with E-state index in [-0.39, 0.29) is 18.6 Å². The van der Waals surface area contributed by atoms with E-state index in [1.807, 2.05) is 16.9 Å². The summed E-state index contributed by atoms with van der Waals surface area (Å²) in [5.41, 5.74) is 1.20.